The maximum absolute atomic E-state index is 9.39. The van der Waals surface area contributed by atoms with Crippen LogP contribution < -0.4 is 0 Å². The number of para-hydroxylation sites is 1. The Morgan fingerprint density at radius 3 is 2.69 bits per heavy atom. The lowest BCUT2D eigenvalue weighted by molar-refractivity contribution is 0.474. The first-order valence-corrected chi connectivity index (χ1v) is 4.45. The van der Waals surface area contributed by atoms with Gasteiger partial charge in [-0.25, -0.2) is 0 Å². The summed E-state index contributed by atoms with van der Waals surface area (Å²) < 4.78 is 0. The number of allylic oxidation sites excluding steroid dienone is 3. The molecule has 0 aromatic heterocycles. The summed E-state index contributed by atoms with van der Waals surface area (Å²) in [6.07, 6.45) is 8.90. The second kappa shape index (κ2) is 5.20. The van der Waals surface area contributed by atoms with Gasteiger partial charge in [0.1, 0.15) is 5.75 Å². The third-order valence-electron chi connectivity index (χ3n) is 1.70. The van der Waals surface area contributed by atoms with Gasteiger partial charge in [0.05, 0.1) is 0 Å². The van der Waals surface area contributed by atoms with Crippen LogP contribution in [0, 0.1) is 0 Å². The molecule has 68 valence electrons. The number of benzene rings is 1. The first kappa shape index (κ1) is 9.59. The lowest BCUT2D eigenvalue weighted by Gasteiger charge is -1.95. The Morgan fingerprint density at radius 1 is 1.23 bits per heavy atom. The predicted octanol–water partition coefficient (Wildman–Crippen LogP) is 3.37. The summed E-state index contributed by atoms with van der Waals surface area (Å²) in [4.78, 5) is 0. The van der Waals surface area contributed by atoms with Crippen LogP contribution in [0.5, 0.6) is 5.75 Å². The second-order valence-corrected chi connectivity index (χ2v) is 2.75. The number of hydrogen-bond donors (Lipinski definition) is 1. The maximum atomic E-state index is 9.39. The molecule has 0 aliphatic carbocycles. The highest BCUT2D eigenvalue weighted by Gasteiger charge is 1.91. The summed E-state index contributed by atoms with van der Waals surface area (Å²) in [5.74, 6) is 0.323. The van der Waals surface area contributed by atoms with Crippen molar-refractivity contribution in [2.75, 3.05) is 0 Å². The van der Waals surface area contributed by atoms with Gasteiger partial charge in [-0.1, -0.05) is 49.4 Å². The third-order valence-corrected chi connectivity index (χ3v) is 1.70. The smallest absolute Gasteiger partial charge is 0.122 e. The molecule has 0 aliphatic rings. The molecule has 1 rings (SSSR count). The Balaban J connectivity index is 2.68. The van der Waals surface area contributed by atoms with Crippen molar-refractivity contribution in [1.82, 2.24) is 0 Å². The predicted molar refractivity (Wildman–Crippen MR) is 56.6 cm³/mol. The molecule has 0 saturated heterocycles. The number of hydrogen-bond acceptors (Lipinski definition) is 1. The SMILES string of the molecule is CCC=CC=Cc1ccccc1O. The van der Waals surface area contributed by atoms with E-state index in [1.165, 1.54) is 0 Å². The van der Waals surface area contributed by atoms with Gasteiger partial charge in [-0.15, -0.1) is 0 Å². The Kier molecular flexibility index (Phi) is 3.83. The highest BCUT2D eigenvalue weighted by Crippen LogP contribution is 2.16. The van der Waals surface area contributed by atoms with E-state index >= 15 is 0 Å². The van der Waals surface area contributed by atoms with Crippen molar-refractivity contribution in [2.24, 2.45) is 0 Å². The normalized spacial score (nSPS) is 11.5. The van der Waals surface area contributed by atoms with Gasteiger partial charge in [0.25, 0.3) is 0 Å². The van der Waals surface area contributed by atoms with Crippen LogP contribution >= 0.6 is 0 Å². The first-order valence-electron chi connectivity index (χ1n) is 4.45. The van der Waals surface area contributed by atoms with Crippen LogP contribution in [0.25, 0.3) is 6.08 Å². The Bertz CT molecular complexity index is 311. The fourth-order valence-electron chi connectivity index (χ4n) is 1.00. The van der Waals surface area contributed by atoms with E-state index in [9.17, 15) is 5.11 Å². The molecule has 1 nitrogen and oxygen atoms in total. The van der Waals surface area contributed by atoms with Gasteiger partial charge in [-0.3, -0.25) is 0 Å². The van der Waals surface area contributed by atoms with Crippen molar-refractivity contribution in [3.05, 3.63) is 48.1 Å². The number of phenolic OH excluding ortho intramolecular Hbond substituents is 1. The molecule has 13 heavy (non-hydrogen) atoms. The second-order valence-electron chi connectivity index (χ2n) is 2.75. The van der Waals surface area contributed by atoms with E-state index in [4.69, 9.17) is 0 Å². The fourth-order valence-corrected chi connectivity index (χ4v) is 1.00. The van der Waals surface area contributed by atoms with Gasteiger partial charge in [-0.05, 0) is 12.5 Å². The van der Waals surface area contributed by atoms with Gasteiger partial charge in [0.2, 0.25) is 0 Å². The fraction of sp³-hybridized carbons (Fsp3) is 0.167. The number of aromatic hydroxyl groups is 1. The molecule has 0 saturated carbocycles. The van der Waals surface area contributed by atoms with Crippen molar-refractivity contribution in [2.45, 2.75) is 13.3 Å². The summed E-state index contributed by atoms with van der Waals surface area (Å²) in [6, 6.07) is 7.28. The molecule has 0 bridgehead atoms. The van der Waals surface area contributed by atoms with E-state index in [0.29, 0.717) is 5.75 Å². The quantitative estimate of drug-likeness (QED) is 0.696. The van der Waals surface area contributed by atoms with Gasteiger partial charge in [-0.2, -0.15) is 0 Å². The van der Waals surface area contributed by atoms with Crippen LogP contribution in [-0.4, -0.2) is 5.11 Å². The summed E-state index contributed by atoms with van der Waals surface area (Å²) >= 11 is 0. The monoisotopic (exact) mass is 174 g/mol. The van der Waals surface area contributed by atoms with E-state index in [1.807, 2.05) is 36.4 Å². The lowest BCUT2D eigenvalue weighted by atomic mass is 10.2. The Labute approximate surface area is 79.0 Å². The van der Waals surface area contributed by atoms with E-state index in [-0.39, 0.29) is 0 Å². The summed E-state index contributed by atoms with van der Waals surface area (Å²) in [6.45, 7) is 2.09. The standard InChI is InChI=1S/C12H14O/c1-2-3-4-5-8-11-9-6-7-10-12(11)13/h3-10,13H,2H2,1H3. The summed E-state index contributed by atoms with van der Waals surface area (Å²) in [5.41, 5.74) is 0.850. The van der Waals surface area contributed by atoms with Crippen molar-refractivity contribution in [1.29, 1.82) is 0 Å². The minimum atomic E-state index is 0.323. The molecular weight excluding hydrogens is 160 g/mol. The molecule has 1 N–H and O–H groups in total. The molecular formula is C12H14O. The molecule has 0 fully saturated rings. The van der Waals surface area contributed by atoms with Crippen molar-refractivity contribution in [3.63, 3.8) is 0 Å². The molecule has 0 amide bonds. The molecule has 0 atom stereocenters. The van der Waals surface area contributed by atoms with E-state index in [2.05, 4.69) is 13.0 Å². The number of rotatable bonds is 3. The molecule has 0 heterocycles. The Morgan fingerprint density at radius 2 is 2.00 bits per heavy atom. The van der Waals surface area contributed by atoms with E-state index in [0.717, 1.165) is 12.0 Å². The maximum Gasteiger partial charge on any atom is 0.122 e. The van der Waals surface area contributed by atoms with E-state index in [1.54, 1.807) is 6.07 Å². The third kappa shape index (κ3) is 3.16. The molecule has 1 aromatic carbocycles. The van der Waals surface area contributed by atoms with Crippen molar-refractivity contribution in [3.8, 4) is 5.75 Å². The molecule has 0 unspecified atom stereocenters. The topological polar surface area (TPSA) is 20.2 Å². The minimum absolute atomic E-state index is 0.323. The van der Waals surface area contributed by atoms with Crippen LogP contribution in [0.2, 0.25) is 0 Å². The van der Waals surface area contributed by atoms with Gasteiger partial charge < -0.3 is 5.11 Å². The average Bonchev–Trinajstić information content (AvgIpc) is 2.15. The van der Waals surface area contributed by atoms with Crippen LogP contribution in [0.15, 0.2) is 42.5 Å². The summed E-state index contributed by atoms with van der Waals surface area (Å²) in [5, 5.41) is 9.39. The van der Waals surface area contributed by atoms with Gasteiger partial charge in [0.15, 0.2) is 0 Å². The van der Waals surface area contributed by atoms with Crippen LogP contribution in [0.1, 0.15) is 18.9 Å². The van der Waals surface area contributed by atoms with E-state index < -0.39 is 0 Å². The van der Waals surface area contributed by atoms with Crippen molar-refractivity contribution >= 4 is 6.08 Å². The molecule has 1 aromatic rings. The minimum Gasteiger partial charge on any atom is -0.507 e. The average molecular weight is 174 g/mol. The first-order chi connectivity index (χ1) is 6.34. The highest BCUT2D eigenvalue weighted by molar-refractivity contribution is 5.57. The molecule has 0 radical (unpaired) electrons. The van der Waals surface area contributed by atoms with Crippen LogP contribution in [-0.2, 0) is 0 Å². The molecule has 0 spiro atoms. The Hall–Kier alpha value is -1.50. The zero-order valence-electron chi connectivity index (χ0n) is 7.77. The zero-order valence-corrected chi connectivity index (χ0v) is 7.77. The largest absolute Gasteiger partial charge is 0.507 e. The van der Waals surface area contributed by atoms with Gasteiger partial charge >= 0.3 is 0 Å². The van der Waals surface area contributed by atoms with Crippen LogP contribution in [0.3, 0.4) is 0 Å². The lowest BCUT2D eigenvalue weighted by Crippen LogP contribution is -1.71. The zero-order chi connectivity index (χ0) is 9.52. The van der Waals surface area contributed by atoms with Crippen molar-refractivity contribution < 1.29 is 5.11 Å². The molecule has 0 aliphatic heterocycles. The highest BCUT2D eigenvalue weighted by atomic mass is 16.3. The molecule has 1 heteroatoms. The van der Waals surface area contributed by atoms with Gasteiger partial charge in [0, 0.05) is 5.56 Å². The summed E-state index contributed by atoms with van der Waals surface area (Å²) in [7, 11) is 0. The van der Waals surface area contributed by atoms with Crippen LogP contribution in [0.4, 0.5) is 0 Å². The number of phenols is 1.